The zero-order valence-corrected chi connectivity index (χ0v) is 14.1. The Morgan fingerprint density at radius 2 is 1.95 bits per heavy atom. The maximum Gasteiger partial charge on any atom is 0.192 e. The van der Waals surface area contributed by atoms with E-state index in [-0.39, 0.29) is 5.78 Å². The highest BCUT2D eigenvalue weighted by atomic mass is 127. The lowest BCUT2D eigenvalue weighted by molar-refractivity contribution is 0.103. The van der Waals surface area contributed by atoms with E-state index in [9.17, 15) is 4.79 Å². The van der Waals surface area contributed by atoms with Crippen LogP contribution in [0.3, 0.4) is 0 Å². The maximum absolute atomic E-state index is 12.7. The highest BCUT2D eigenvalue weighted by Gasteiger charge is 2.31. The Morgan fingerprint density at radius 3 is 2.60 bits per heavy atom. The average Bonchev–Trinajstić information content (AvgIpc) is 2.73. The molecule has 1 aliphatic carbocycles. The number of hydrogen-bond donors (Lipinski definition) is 0. The molecule has 0 fully saturated rings. The SMILES string of the molecule is C[N+](C)(C)n1c2c(c3ccccc31)C(=O)C(CI)=CC2. The molecule has 0 bridgehead atoms. The van der Waals surface area contributed by atoms with Crippen molar-refractivity contribution >= 4 is 39.3 Å². The summed E-state index contributed by atoms with van der Waals surface area (Å²) in [6.45, 7) is 0. The number of carbonyl (C=O) groups excluding carboxylic acids is 1. The molecule has 0 radical (unpaired) electrons. The van der Waals surface area contributed by atoms with Gasteiger partial charge in [0.05, 0.1) is 32.4 Å². The van der Waals surface area contributed by atoms with Crippen molar-refractivity contribution in [1.82, 2.24) is 9.27 Å². The second-order valence-electron chi connectivity index (χ2n) is 5.99. The predicted octanol–water partition coefficient (Wildman–Crippen LogP) is 3.07. The predicted molar refractivity (Wildman–Crippen MR) is 92.2 cm³/mol. The molecule has 0 aliphatic heterocycles. The Morgan fingerprint density at radius 1 is 1.25 bits per heavy atom. The molecule has 4 heteroatoms. The van der Waals surface area contributed by atoms with Gasteiger partial charge in [-0.2, -0.15) is 4.68 Å². The quantitative estimate of drug-likeness (QED) is 0.445. The molecule has 2 aromatic rings. The highest BCUT2D eigenvalue weighted by molar-refractivity contribution is 14.1. The number of Topliss-reactive ketones (excluding diaryl/α,β-unsaturated/α-hetero) is 1. The normalized spacial score (nSPS) is 15.4. The molecule has 1 aliphatic rings. The van der Waals surface area contributed by atoms with Gasteiger partial charge in [-0.15, -0.1) is 0 Å². The van der Waals surface area contributed by atoms with E-state index >= 15 is 0 Å². The fourth-order valence-electron chi connectivity index (χ4n) is 2.99. The average molecular weight is 381 g/mol. The monoisotopic (exact) mass is 381 g/mol. The summed E-state index contributed by atoms with van der Waals surface area (Å²) in [7, 11) is 6.40. The van der Waals surface area contributed by atoms with Crippen LogP contribution < -0.4 is 4.59 Å². The smallest absolute Gasteiger partial charge is 0.192 e. The summed E-state index contributed by atoms with van der Waals surface area (Å²) in [5.41, 5.74) is 4.11. The zero-order valence-electron chi connectivity index (χ0n) is 12.0. The molecule has 1 heterocycles. The first-order valence-corrected chi connectivity index (χ1v) is 8.22. The van der Waals surface area contributed by atoms with Gasteiger partial charge < -0.3 is 0 Å². The molecule has 0 N–H and O–H groups in total. The number of para-hydroxylation sites is 1. The van der Waals surface area contributed by atoms with Crippen LogP contribution in [0, 0.1) is 0 Å². The number of rotatable bonds is 2. The number of quaternary nitrogens is 1. The standard InChI is InChI=1S/C16H18IN2O/c1-19(2,3)18-13-7-5-4-6-12(13)15-14(18)9-8-11(10-17)16(15)20/h4-8H,9-10H2,1-3H3/q+1. The molecule has 1 aromatic carbocycles. The second kappa shape index (κ2) is 4.70. The van der Waals surface area contributed by atoms with Gasteiger partial charge in [-0.1, -0.05) is 46.9 Å². The van der Waals surface area contributed by atoms with Crippen LogP contribution in [0.25, 0.3) is 10.9 Å². The molecule has 3 nitrogen and oxygen atoms in total. The van der Waals surface area contributed by atoms with Crippen LogP contribution >= 0.6 is 22.6 Å². The Labute approximate surface area is 132 Å². The minimum atomic E-state index is 0.198. The number of nitrogens with zero attached hydrogens (tertiary/aromatic N) is 2. The number of carbonyl (C=O) groups is 1. The molecule has 20 heavy (non-hydrogen) atoms. The van der Waals surface area contributed by atoms with Gasteiger partial charge in [0.1, 0.15) is 5.52 Å². The summed E-state index contributed by atoms with van der Waals surface area (Å²) in [4.78, 5) is 12.7. The van der Waals surface area contributed by atoms with E-state index in [0.717, 1.165) is 38.6 Å². The third-order valence-electron chi connectivity index (χ3n) is 3.75. The molecular formula is C16H18IN2O+. The lowest BCUT2D eigenvalue weighted by Crippen LogP contribution is -2.47. The van der Waals surface area contributed by atoms with Crippen molar-refractivity contribution in [1.29, 1.82) is 0 Å². The first-order chi connectivity index (χ1) is 9.45. The van der Waals surface area contributed by atoms with Crippen LogP contribution in [0.2, 0.25) is 0 Å². The van der Waals surface area contributed by atoms with Crippen molar-refractivity contribution in [2.45, 2.75) is 6.42 Å². The first-order valence-electron chi connectivity index (χ1n) is 6.69. The Kier molecular flexibility index (Phi) is 3.25. The van der Waals surface area contributed by atoms with Gasteiger partial charge in [-0.3, -0.25) is 4.79 Å². The van der Waals surface area contributed by atoms with Crippen molar-refractivity contribution in [2.75, 3.05) is 25.6 Å². The number of alkyl halides is 1. The van der Waals surface area contributed by atoms with E-state index in [2.05, 4.69) is 66.6 Å². The van der Waals surface area contributed by atoms with Gasteiger partial charge in [-0.25, -0.2) is 4.59 Å². The van der Waals surface area contributed by atoms with E-state index in [1.54, 1.807) is 0 Å². The second-order valence-corrected chi connectivity index (χ2v) is 6.75. The van der Waals surface area contributed by atoms with Crippen molar-refractivity contribution in [3.8, 4) is 0 Å². The van der Waals surface area contributed by atoms with E-state index in [4.69, 9.17) is 0 Å². The number of benzene rings is 1. The van der Waals surface area contributed by atoms with Crippen molar-refractivity contribution in [2.24, 2.45) is 0 Å². The van der Waals surface area contributed by atoms with Gasteiger partial charge >= 0.3 is 0 Å². The highest BCUT2D eigenvalue weighted by Crippen LogP contribution is 2.33. The van der Waals surface area contributed by atoms with Gasteiger partial charge in [0, 0.05) is 21.8 Å². The van der Waals surface area contributed by atoms with Gasteiger partial charge in [0.2, 0.25) is 0 Å². The Hall–Kier alpha value is -1.14. The molecule has 0 spiro atoms. The number of halogens is 1. The number of aromatic nitrogens is 1. The van der Waals surface area contributed by atoms with E-state index < -0.39 is 0 Å². The minimum absolute atomic E-state index is 0.198. The van der Waals surface area contributed by atoms with Crippen molar-refractivity contribution < 1.29 is 4.79 Å². The maximum atomic E-state index is 12.7. The van der Waals surface area contributed by atoms with Gasteiger partial charge in [0.25, 0.3) is 0 Å². The molecule has 3 rings (SSSR count). The lowest BCUT2D eigenvalue weighted by atomic mass is 9.94. The van der Waals surface area contributed by atoms with Crippen molar-refractivity contribution in [3.05, 3.63) is 47.2 Å². The summed E-state index contributed by atoms with van der Waals surface area (Å²) in [6, 6.07) is 8.22. The Bertz CT molecular complexity index is 735. The van der Waals surface area contributed by atoms with E-state index in [1.165, 1.54) is 0 Å². The number of ketones is 1. The third kappa shape index (κ3) is 1.93. The van der Waals surface area contributed by atoms with Crippen LogP contribution in [0.4, 0.5) is 0 Å². The summed E-state index contributed by atoms with van der Waals surface area (Å²) in [5.74, 6) is 0.198. The van der Waals surface area contributed by atoms with Crippen LogP contribution in [0.1, 0.15) is 16.1 Å². The van der Waals surface area contributed by atoms with Crippen LogP contribution in [0.5, 0.6) is 0 Å². The summed E-state index contributed by atoms with van der Waals surface area (Å²) in [5, 5.41) is 1.08. The summed E-state index contributed by atoms with van der Waals surface area (Å²) >= 11 is 2.27. The summed E-state index contributed by atoms with van der Waals surface area (Å²) in [6.07, 6.45) is 2.92. The Balaban J connectivity index is 2.39. The van der Waals surface area contributed by atoms with E-state index in [1.807, 2.05) is 12.1 Å². The molecule has 0 saturated carbocycles. The first kappa shape index (κ1) is 13.8. The number of allylic oxidation sites excluding steroid dienone is 2. The van der Waals surface area contributed by atoms with Crippen LogP contribution in [0.15, 0.2) is 35.9 Å². The molecule has 0 atom stereocenters. The van der Waals surface area contributed by atoms with Crippen LogP contribution in [-0.2, 0) is 6.42 Å². The molecule has 0 saturated heterocycles. The van der Waals surface area contributed by atoms with Crippen molar-refractivity contribution in [3.63, 3.8) is 0 Å². The zero-order chi connectivity index (χ0) is 14.5. The largest absolute Gasteiger partial charge is 0.289 e. The number of hydrogen-bond acceptors (Lipinski definition) is 1. The topological polar surface area (TPSA) is 22.0 Å². The lowest BCUT2D eigenvalue weighted by Gasteiger charge is -2.28. The fraction of sp³-hybridized carbons (Fsp3) is 0.312. The van der Waals surface area contributed by atoms with E-state index in [0.29, 0.717) is 4.59 Å². The van der Waals surface area contributed by atoms with Gasteiger partial charge in [0.15, 0.2) is 5.78 Å². The molecule has 0 unspecified atom stereocenters. The molecular weight excluding hydrogens is 363 g/mol. The van der Waals surface area contributed by atoms with Gasteiger partial charge in [-0.05, 0) is 6.07 Å². The van der Waals surface area contributed by atoms with Crippen LogP contribution in [-0.4, -0.2) is 36.0 Å². The summed E-state index contributed by atoms with van der Waals surface area (Å²) < 4.78 is 3.71. The fourth-order valence-corrected chi connectivity index (χ4v) is 3.65. The third-order valence-corrected chi connectivity index (χ3v) is 4.57. The molecule has 1 aromatic heterocycles. The molecule has 104 valence electrons. The minimum Gasteiger partial charge on any atom is -0.289 e. The number of fused-ring (bicyclic) bond motifs is 3. The molecule has 0 amide bonds.